The molecular weight excluding hydrogens is 308 g/mol. The van der Waals surface area contributed by atoms with Crippen LogP contribution in [0.4, 0.5) is 5.82 Å². The molecule has 0 saturated carbocycles. The molecule has 1 saturated heterocycles. The van der Waals surface area contributed by atoms with Crippen LogP contribution in [0.3, 0.4) is 0 Å². The molecule has 3 heterocycles. The van der Waals surface area contributed by atoms with Gasteiger partial charge in [-0.25, -0.2) is 14.3 Å². The fraction of sp³-hybridized carbons (Fsp3) is 0.235. The van der Waals surface area contributed by atoms with Crippen molar-refractivity contribution in [3.8, 4) is 5.69 Å². The molecule has 0 amide bonds. The second kappa shape index (κ2) is 5.70. The Labute approximate surface area is 138 Å². The van der Waals surface area contributed by atoms with E-state index in [4.69, 9.17) is 0 Å². The van der Waals surface area contributed by atoms with Gasteiger partial charge in [-0.3, -0.25) is 0 Å². The minimum Gasteiger partial charge on any atom is -0.346 e. The molecule has 116 valence electrons. The zero-order valence-corrected chi connectivity index (χ0v) is 13.6. The van der Waals surface area contributed by atoms with Gasteiger partial charge in [-0.1, -0.05) is 18.2 Å². The van der Waals surface area contributed by atoms with E-state index in [0.717, 1.165) is 40.8 Å². The Hall–Kier alpha value is -2.34. The quantitative estimate of drug-likeness (QED) is 0.725. The predicted octanol–water partition coefficient (Wildman–Crippen LogP) is 2.60. The molecule has 1 aliphatic heterocycles. The molecule has 0 unspecified atom stereocenters. The molecule has 1 fully saturated rings. The van der Waals surface area contributed by atoms with Crippen molar-refractivity contribution < 1.29 is 0 Å². The van der Waals surface area contributed by atoms with E-state index in [1.165, 1.54) is 0 Å². The number of pyridine rings is 1. The maximum Gasteiger partial charge on any atom is 0.355 e. The molecule has 0 N–H and O–H groups in total. The van der Waals surface area contributed by atoms with Crippen molar-refractivity contribution in [2.75, 3.05) is 23.1 Å². The highest BCUT2D eigenvalue weighted by molar-refractivity contribution is 7.99. The fourth-order valence-corrected chi connectivity index (χ4v) is 3.76. The number of thioether (sulfide) groups is 1. The molecule has 0 spiro atoms. The summed E-state index contributed by atoms with van der Waals surface area (Å²) in [5.41, 5.74) is 2.06. The van der Waals surface area contributed by atoms with Crippen molar-refractivity contribution in [1.29, 1.82) is 0 Å². The third kappa shape index (κ3) is 2.49. The lowest BCUT2D eigenvalue weighted by Crippen LogP contribution is -2.28. The smallest absolute Gasteiger partial charge is 0.346 e. The number of hydrogen-bond acceptors (Lipinski definition) is 5. The van der Waals surface area contributed by atoms with Gasteiger partial charge in [-0.05, 0) is 31.2 Å². The number of aryl methyl sites for hydroxylation is 1. The molecule has 1 aliphatic rings. The first-order chi connectivity index (χ1) is 11.2. The van der Waals surface area contributed by atoms with Crippen molar-refractivity contribution in [3.63, 3.8) is 0 Å². The van der Waals surface area contributed by atoms with Gasteiger partial charge in [0.1, 0.15) is 5.82 Å². The number of fused-ring (bicyclic) bond motifs is 1. The van der Waals surface area contributed by atoms with Crippen LogP contribution in [-0.4, -0.2) is 32.7 Å². The maximum atomic E-state index is 12.7. The third-order valence-corrected chi connectivity index (χ3v) is 4.89. The minimum atomic E-state index is -0.284. The summed E-state index contributed by atoms with van der Waals surface area (Å²) < 4.78 is 1.59. The van der Waals surface area contributed by atoms with E-state index in [1.807, 2.05) is 61.2 Å². The number of anilines is 1. The van der Waals surface area contributed by atoms with Crippen LogP contribution in [0.1, 0.15) is 5.69 Å². The summed E-state index contributed by atoms with van der Waals surface area (Å²) in [5.74, 6) is 2.67. The molecular formula is C17H16N4OS. The van der Waals surface area contributed by atoms with Gasteiger partial charge in [0.2, 0.25) is 0 Å². The fourth-order valence-electron chi connectivity index (χ4n) is 2.81. The molecule has 4 rings (SSSR count). The molecule has 1 aromatic carbocycles. The Morgan fingerprint density at radius 2 is 1.91 bits per heavy atom. The summed E-state index contributed by atoms with van der Waals surface area (Å²) in [6.07, 6.45) is 0. The zero-order chi connectivity index (χ0) is 15.8. The van der Waals surface area contributed by atoms with Crippen LogP contribution in [0.15, 0.2) is 47.3 Å². The molecule has 5 nitrogen and oxygen atoms in total. The third-order valence-electron chi connectivity index (χ3n) is 3.93. The van der Waals surface area contributed by atoms with Gasteiger partial charge >= 0.3 is 5.69 Å². The summed E-state index contributed by atoms with van der Waals surface area (Å²) in [5, 5.41) is 0.918. The van der Waals surface area contributed by atoms with Crippen LogP contribution in [0.2, 0.25) is 0 Å². The molecule has 0 aliphatic carbocycles. The number of rotatable bonds is 2. The minimum absolute atomic E-state index is 0.284. The average molecular weight is 324 g/mol. The SMILES string of the molecule is Cc1ccc2c(N3CCSC3)nc(=O)n(-c3ccccc3)c2n1. The number of hydrogen-bond donors (Lipinski definition) is 0. The first kappa shape index (κ1) is 14.3. The topological polar surface area (TPSA) is 51.0 Å². The van der Waals surface area contributed by atoms with Gasteiger partial charge < -0.3 is 4.90 Å². The Balaban J connectivity index is 2.04. The number of nitrogens with zero attached hydrogens (tertiary/aromatic N) is 4. The van der Waals surface area contributed by atoms with Crippen molar-refractivity contribution in [3.05, 3.63) is 58.6 Å². The van der Waals surface area contributed by atoms with Crippen LogP contribution < -0.4 is 10.6 Å². The lowest BCUT2D eigenvalue weighted by atomic mass is 10.2. The molecule has 0 bridgehead atoms. The van der Waals surface area contributed by atoms with Crippen LogP contribution >= 0.6 is 11.8 Å². The largest absolute Gasteiger partial charge is 0.355 e. The van der Waals surface area contributed by atoms with E-state index < -0.39 is 0 Å². The summed E-state index contributed by atoms with van der Waals surface area (Å²) in [4.78, 5) is 23.9. The van der Waals surface area contributed by atoms with E-state index in [9.17, 15) is 4.79 Å². The van der Waals surface area contributed by atoms with Crippen molar-refractivity contribution >= 4 is 28.6 Å². The Bertz CT molecular complexity index is 917. The summed E-state index contributed by atoms with van der Waals surface area (Å²) in [7, 11) is 0. The van der Waals surface area contributed by atoms with E-state index in [2.05, 4.69) is 14.9 Å². The zero-order valence-electron chi connectivity index (χ0n) is 12.8. The molecule has 0 atom stereocenters. The van der Waals surface area contributed by atoms with Gasteiger partial charge in [0.15, 0.2) is 5.65 Å². The molecule has 23 heavy (non-hydrogen) atoms. The first-order valence-electron chi connectivity index (χ1n) is 7.52. The van der Waals surface area contributed by atoms with E-state index in [1.54, 1.807) is 4.57 Å². The van der Waals surface area contributed by atoms with Gasteiger partial charge in [-0.15, -0.1) is 11.8 Å². The summed E-state index contributed by atoms with van der Waals surface area (Å²) in [6, 6.07) is 13.5. The standard InChI is InChI=1S/C17H16N4OS/c1-12-7-8-14-15(20-9-10-23-11-20)19-17(22)21(16(14)18-12)13-5-3-2-4-6-13/h2-8H,9-11H2,1H3. The van der Waals surface area contributed by atoms with Crippen LogP contribution in [0, 0.1) is 6.92 Å². The van der Waals surface area contributed by atoms with E-state index in [-0.39, 0.29) is 5.69 Å². The molecule has 2 aromatic heterocycles. The Morgan fingerprint density at radius 1 is 1.09 bits per heavy atom. The number of para-hydroxylation sites is 1. The predicted molar refractivity (Wildman–Crippen MR) is 94.5 cm³/mol. The highest BCUT2D eigenvalue weighted by Gasteiger charge is 2.20. The van der Waals surface area contributed by atoms with Gasteiger partial charge in [0.25, 0.3) is 0 Å². The van der Waals surface area contributed by atoms with Crippen molar-refractivity contribution in [1.82, 2.24) is 14.5 Å². The van der Waals surface area contributed by atoms with Crippen LogP contribution in [0.5, 0.6) is 0 Å². The second-order valence-electron chi connectivity index (χ2n) is 5.51. The average Bonchev–Trinajstić information content (AvgIpc) is 3.09. The van der Waals surface area contributed by atoms with E-state index >= 15 is 0 Å². The van der Waals surface area contributed by atoms with Gasteiger partial charge in [0.05, 0.1) is 17.0 Å². The summed E-state index contributed by atoms with van der Waals surface area (Å²) in [6.45, 7) is 2.85. The second-order valence-corrected chi connectivity index (χ2v) is 6.59. The molecule has 3 aromatic rings. The van der Waals surface area contributed by atoms with Crippen LogP contribution in [-0.2, 0) is 0 Å². The number of benzene rings is 1. The lowest BCUT2D eigenvalue weighted by molar-refractivity contribution is 0.894. The summed E-state index contributed by atoms with van der Waals surface area (Å²) >= 11 is 1.85. The number of aromatic nitrogens is 3. The Kier molecular flexibility index (Phi) is 3.53. The monoisotopic (exact) mass is 324 g/mol. The van der Waals surface area contributed by atoms with Crippen molar-refractivity contribution in [2.45, 2.75) is 6.92 Å². The van der Waals surface area contributed by atoms with Gasteiger partial charge in [-0.2, -0.15) is 4.98 Å². The lowest BCUT2D eigenvalue weighted by Gasteiger charge is -2.19. The highest BCUT2D eigenvalue weighted by atomic mass is 32.2. The Morgan fingerprint density at radius 3 is 2.65 bits per heavy atom. The van der Waals surface area contributed by atoms with E-state index in [0.29, 0.717) is 5.65 Å². The highest BCUT2D eigenvalue weighted by Crippen LogP contribution is 2.27. The normalized spacial score (nSPS) is 14.6. The maximum absolute atomic E-state index is 12.7. The molecule has 0 radical (unpaired) electrons. The van der Waals surface area contributed by atoms with Crippen molar-refractivity contribution in [2.24, 2.45) is 0 Å². The first-order valence-corrected chi connectivity index (χ1v) is 8.68. The van der Waals surface area contributed by atoms with Gasteiger partial charge in [0, 0.05) is 18.0 Å². The van der Waals surface area contributed by atoms with Crippen LogP contribution in [0.25, 0.3) is 16.7 Å². The molecule has 6 heteroatoms.